The number of halogens is 1. The van der Waals surface area contributed by atoms with Crippen LogP contribution in [0.5, 0.6) is 5.88 Å². The molecule has 1 atom stereocenters. The number of piperidine rings is 1. The first-order valence-corrected chi connectivity index (χ1v) is 9.07. The van der Waals surface area contributed by atoms with Crippen LogP contribution in [0.1, 0.15) is 23.3 Å². The summed E-state index contributed by atoms with van der Waals surface area (Å²) < 4.78 is 19.3. The van der Waals surface area contributed by atoms with Gasteiger partial charge in [-0.1, -0.05) is 0 Å². The van der Waals surface area contributed by atoms with Crippen molar-refractivity contribution < 1.29 is 13.9 Å². The lowest BCUT2D eigenvalue weighted by Crippen LogP contribution is -2.72. The molecular formula is C19H22FN5O2. The number of likely N-dealkylation sites (tertiary alicyclic amines) is 2. The molecule has 2 aromatic rings. The number of rotatable bonds is 4. The average molecular weight is 371 g/mol. The molecule has 8 heteroatoms. The van der Waals surface area contributed by atoms with Crippen LogP contribution in [0.4, 0.5) is 4.39 Å². The zero-order valence-corrected chi connectivity index (χ0v) is 15.2. The summed E-state index contributed by atoms with van der Waals surface area (Å²) in [6.45, 7) is 2.69. The minimum absolute atomic E-state index is 0.0440. The lowest BCUT2D eigenvalue weighted by atomic mass is 9.75. The molecule has 2 aliphatic rings. The van der Waals surface area contributed by atoms with Crippen molar-refractivity contribution >= 4 is 5.91 Å². The molecule has 0 aromatic carbocycles. The van der Waals surface area contributed by atoms with Crippen LogP contribution in [0.3, 0.4) is 0 Å². The summed E-state index contributed by atoms with van der Waals surface area (Å²) in [6.07, 6.45) is 6.38. The van der Waals surface area contributed by atoms with Crippen LogP contribution in [0.25, 0.3) is 0 Å². The molecule has 1 spiro atoms. The maximum absolute atomic E-state index is 13.7. The van der Waals surface area contributed by atoms with Crippen molar-refractivity contribution in [3.8, 4) is 5.88 Å². The second kappa shape index (κ2) is 7.19. The van der Waals surface area contributed by atoms with Crippen LogP contribution in [-0.2, 0) is 0 Å². The topological polar surface area (TPSA) is 71.5 Å². The van der Waals surface area contributed by atoms with E-state index in [1.165, 1.54) is 18.6 Å². The summed E-state index contributed by atoms with van der Waals surface area (Å²) in [5.74, 6) is -0.144. The lowest BCUT2D eigenvalue weighted by Gasteiger charge is -2.58. The molecule has 0 saturated carbocycles. The van der Waals surface area contributed by atoms with Crippen molar-refractivity contribution in [3.05, 3.63) is 48.4 Å². The summed E-state index contributed by atoms with van der Waals surface area (Å²) >= 11 is 0. The normalized spacial score (nSPS) is 21.7. The van der Waals surface area contributed by atoms with Crippen LogP contribution in [0.2, 0.25) is 0 Å². The Morgan fingerprint density at radius 2 is 2.19 bits per heavy atom. The highest BCUT2D eigenvalue weighted by atomic mass is 19.1. The largest absolute Gasteiger partial charge is 0.475 e. The van der Waals surface area contributed by atoms with E-state index in [2.05, 4.69) is 26.9 Å². The Hall–Kier alpha value is -2.61. The highest BCUT2D eigenvalue weighted by Crippen LogP contribution is 2.38. The first kappa shape index (κ1) is 17.8. The van der Waals surface area contributed by atoms with Gasteiger partial charge in [-0.15, -0.1) is 0 Å². The van der Waals surface area contributed by atoms with Gasteiger partial charge in [0.2, 0.25) is 5.88 Å². The first-order chi connectivity index (χ1) is 13.1. The van der Waals surface area contributed by atoms with Crippen molar-refractivity contribution in [3.63, 3.8) is 0 Å². The molecule has 142 valence electrons. The molecule has 4 rings (SSSR count). The van der Waals surface area contributed by atoms with Gasteiger partial charge in [-0.2, -0.15) is 0 Å². The van der Waals surface area contributed by atoms with Crippen LogP contribution >= 0.6 is 0 Å². The Balaban J connectivity index is 1.36. The molecule has 1 amide bonds. The number of hydrogen-bond acceptors (Lipinski definition) is 6. The maximum Gasteiger partial charge on any atom is 0.272 e. The van der Waals surface area contributed by atoms with E-state index < -0.39 is 5.82 Å². The van der Waals surface area contributed by atoms with Gasteiger partial charge in [-0.3, -0.25) is 9.69 Å². The molecule has 0 radical (unpaired) electrons. The number of carbonyl (C=O) groups excluding carboxylic acids is 1. The molecular weight excluding hydrogens is 349 g/mol. The van der Waals surface area contributed by atoms with Crippen molar-refractivity contribution in [1.29, 1.82) is 0 Å². The Labute approximate surface area is 157 Å². The number of nitrogens with zero attached hydrogens (tertiary/aromatic N) is 5. The van der Waals surface area contributed by atoms with E-state index in [1.54, 1.807) is 18.3 Å². The van der Waals surface area contributed by atoms with Gasteiger partial charge in [-0.25, -0.2) is 19.3 Å². The Bertz CT molecular complexity index is 813. The molecule has 0 bridgehead atoms. The summed E-state index contributed by atoms with van der Waals surface area (Å²) in [4.78, 5) is 28.5. The number of hydrogen-bond donors (Lipinski definition) is 0. The van der Waals surface area contributed by atoms with E-state index in [0.29, 0.717) is 31.3 Å². The highest BCUT2D eigenvalue weighted by molar-refractivity contribution is 5.93. The van der Waals surface area contributed by atoms with Crippen molar-refractivity contribution in [2.75, 3.05) is 33.3 Å². The number of aromatic nitrogens is 3. The van der Waals surface area contributed by atoms with Crippen molar-refractivity contribution in [2.24, 2.45) is 5.92 Å². The van der Waals surface area contributed by atoms with Gasteiger partial charge in [0.15, 0.2) is 5.82 Å². The molecule has 2 aliphatic heterocycles. The van der Waals surface area contributed by atoms with Gasteiger partial charge in [0, 0.05) is 25.5 Å². The predicted octanol–water partition coefficient (Wildman–Crippen LogP) is 1.63. The number of carbonyl (C=O) groups is 1. The molecule has 1 unspecified atom stereocenters. The first-order valence-electron chi connectivity index (χ1n) is 9.07. The molecule has 4 heterocycles. The third-order valence-electron chi connectivity index (χ3n) is 5.59. The van der Waals surface area contributed by atoms with Gasteiger partial charge in [-0.05, 0) is 50.6 Å². The number of amides is 1. The van der Waals surface area contributed by atoms with Crippen LogP contribution < -0.4 is 4.74 Å². The smallest absolute Gasteiger partial charge is 0.272 e. The third kappa shape index (κ3) is 3.49. The van der Waals surface area contributed by atoms with Crippen LogP contribution in [-0.4, -0.2) is 69.5 Å². The van der Waals surface area contributed by atoms with E-state index in [4.69, 9.17) is 4.74 Å². The quantitative estimate of drug-likeness (QED) is 0.814. The fraction of sp³-hybridized carbons (Fsp3) is 0.474. The molecule has 2 saturated heterocycles. The molecule has 27 heavy (non-hydrogen) atoms. The summed E-state index contributed by atoms with van der Waals surface area (Å²) in [5, 5.41) is 0. The molecule has 0 aliphatic carbocycles. The Morgan fingerprint density at radius 1 is 1.33 bits per heavy atom. The van der Waals surface area contributed by atoms with E-state index in [9.17, 15) is 9.18 Å². The predicted molar refractivity (Wildman–Crippen MR) is 95.7 cm³/mol. The van der Waals surface area contributed by atoms with Gasteiger partial charge in [0.1, 0.15) is 12.0 Å². The third-order valence-corrected chi connectivity index (χ3v) is 5.59. The standard InChI is InChI=1S/C19H22FN5O2/c1-24-8-5-14(10-27-17-15(20)3-2-6-22-17)9-19(24)11-25(12-19)18(26)16-4-7-21-13-23-16/h2-4,6-7,13-14H,5,8-12H2,1H3. The second-order valence-electron chi connectivity index (χ2n) is 7.36. The van der Waals surface area contributed by atoms with Gasteiger partial charge in [0.25, 0.3) is 5.91 Å². The Kier molecular flexibility index (Phi) is 4.73. The SMILES string of the molecule is CN1CCC(COc2ncccc2F)CC12CN(C(=O)c1ccncn1)C2. The average Bonchev–Trinajstić information content (AvgIpc) is 2.67. The van der Waals surface area contributed by atoms with Gasteiger partial charge >= 0.3 is 0 Å². The maximum atomic E-state index is 13.7. The molecule has 0 N–H and O–H groups in total. The summed E-state index contributed by atoms with van der Waals surface area (Å²) in [7, 11) is 2.10. The van der Waals surface area contributed by atoms with Gasteiger partial charge < -0.3 is 9.64 Å². The fourth-order valence-electron chi connectivity index (χ4n) is 3.98. The summed E-state index contributed by atoms with van der Waals surface area (Å²) in [5.41, 5.74) is 0.376. The number of likely N-dealkylation sites (N-methyl/N-ethyl adjacent to an activating group) is 1. The molecule has 7 nitrogen and oxygen atoms in total. The van der Waals surface area contributed by atoms with E-state index >= 15 is 0 Å². The molecule has 2 aromatic heterocycles. The zero-order valence-electron chi connectivity index (χ0n) is 15.2. The molecule has 2 fully saturated rings. The lowest BCUT2D eigenvalue weighted by molar-refractivity contribution is -0.0698. The zero-order chi connectivity index (χ0) is 18.9. The Morgan fingerprint density at radius 3 is 2.93 bits per heavy atom. The summed E-state index contributed by atoms with van der Waals surface area (Å²) in [6, 6.07) is 4.53. The van der Waals surface area contributed by atoms with Crippen LogP contribution in [0.15, 0.2) is 36.9 Å². The number of ether oxygens (including phenoxy) is 1. The van der Waals surface area contributed by atoms with Gasteiger partial charge in [0.05, 0.1) is 12.1 Å². The van der Waals surface area contributed by atoms with Crippen molar-refractivity contribution in [1.82, 2.24) is 24.8 Å². The fourth-order valence-corrected chi connectivity index (χ4v) is 3.98. The van der Waals surface area contributed by atoms with E-state index in [1.807, 2.05) is 4.90 Å². The van der Waals surface area contributed by atoms with E-state index in [-0.39, 0.29) is 17.3 Å². The van der Waals surface area contributed by atoms with Crippen LogP contribution in [0, 0.1) is 11.7 Å². The second-order valence-corrected chi connectivity index (χ2v) is 7.36. The minimum atomic E-state index is -0.439. The van der Waals surface area contributed by atoms with Crippen molar-refractivity contribution in [2.45, 2.75) is 18.4 Å². The highest BCUT2D eigenvalue weighted by Gasteiger charge is 2.51. The number of pyridine rings is 1. The minimum Gasteiger partial charge on any atom is -0.475 e. The monoisotopic (exact) mass is 371 g/mol. The van der Waals surface area contributed by atoms with E-state index in [0.717, 1.165) is 19.4 Å².